The van der Waals surface area contributed by atoms with Gasteiger partial charge in [-0.25, -0.2) is 4.39 Å². The molecule has 3 aliphatic heterocycles. The van der Waals surface area contributed by atoms with Crippen LogP contribution >= 0.6 is 0 Å². The van der Waals surface area contributed by atoms with Crippen LogP contribution in [0, 0.1) is 30.1 Å². The number of alkyl halides is 4. The van der Waals surface area contributed by atoms with E-state index >= 15 is 4.39 Å². The number of carbonyl (C=O) groups is 2. The second-order valence-electron chi connectivity index (χ2n) is 16.0. The van der Waals surface area contributed by atoms with Crippen molar-refractivity contribution in [2.75, 3.05) is 44.2 Å². The zero-order valence-electron chi connectivity index (χ0n) is 29.5. The monoisotopic (exact) mass is 684 g/mol. The van der Waals surface area contributed by atoms with Gasteiger partial charge >= 0.3 is 12.1 Å². The van der Waals surface area contributed by atoms with Crippen molar-refractivity contribution >= 4 is 17.6 Å². The number of hydrogen-bond donors (Lipinski definition) is 0. The first-order valence-corrected chi connectivity index (χ1v) is 17.1. The molecule has 5 rings (SSSR count). The summed E-state index contributed by atoms with van der Waals surface area (Å²) in [6, 6.07) is 13.3. The minimum atomic E-state index is -4.60. The minimum absolute atomic E-state index is 0.00556. The van der Waals surface area contributed by atoms with E-state index in [1.807, 2.05) is 61.8 Å². The summed E-state index contributed by atoms with van der Waals surface area (Å²) in [6.45, 7) is 14.1. The van der Waals surface area contributed by atoms with Crippen LogP contribution in [0.4, 0.5) is 23.2 Å². The first-order valence-electron chi connectivity index (χ1n) is 17.1. The smallest absolute Gasteiger partial charge is 0.416 e. The second kappa shape index (κ2) is 13.2. The lowest BCUT2D eigenvalue weighted by atomic mass is 9.85. The number of nitriles is 1. The Morgan fingerprint density at radius 3 is 2.12 bits per heavy atom. The lowest BCUT2D eigenvalue weighted by Gasteiger charge is -2.36. The molecular formula is C38H48F4N4O3. The molecule has 4 atom stereocenters. The molecular weight excluding hydrogens is 636 g/mol. The molecule has 0 saturated carbocycles. The van der Waals surface area contributed by atoms with Gasteiger partial charge in [0.15, 0.2) is 0 Å². The van der Waals surface area contributed by atoms with E-state index in [-0.39, 0.29) is 31.5 Å². The standard InChI is InChI=1S/C38H48F4N4O3/c1-24-8-10-25(11-9-24)31-22-46(35(2,3)4)23-37(31,39)34(48)45-20-27(19-43)30(21-45)29-13-12-28(38(40,41)42)18-32(29)44-16-14-26(15-17-44)33(47)49-36(5,6)7/h8-13,18,26-27,30-31H,14-17,20-23H2,1-7H3/t27-,30?,31-,37-/m0/s1. The molecule has 3 fully saturated rings. The van der Waals surface area contributed by atoms with Crippen molar-refractivity contribution in [1.29, 1.82) is 5.26 Å². The van der Waals surface area contributed by atoms with Crippen LogP contribution in [0.5, 0.6) is 0 Å². The number of piperidine rings is 1. The number of aryl methyl sites for hydroxylation is 1. The molecule has 11 heteroatoms. The number of anilines is 1. The number of esters is 1. The average molecular weight is 685 g/mol. The number of ether oxygens (including phenoxy) is 1. The highest BCUT2D eigenvalue weighted by Gasteiger charge is 2.58. The van der Waals surface area contributed by atoms with Crippen molar-refractivity contribution in [3.05, 3.63) is 64.7 Å². The van der Waals surface area contributed by atoms with Gasteiger partial charge in [-0.3, -0.25) is 14.5 Å². The van der Waals surface area contributed by atoms with Gasteiger partial charge in [-0.2, -0.15) is 18.4 Å². The van der Waals surface area contributed by atoms with E-state index in [1.165, 1.54) is 11.0 Å². The van der Waals surface area contributed by atoms with Crippen molar-refractivity contribution in [2.24, 2.45) is 11.8 Å². The third-order valence-corrected chi connectivity index (χ3v) is 10.3. The zero-order valence-corrected chi connectivity index (χ0v) is 29.5. The summed E-state index contributed by atoms with van der Waals surface area (Å²) in [4.78, 5) is 32.3. The van der Waals surface area contributed by atoms with Gasteiger partial charge in [0.05, 0.1) is 23.5 Å². The Balaban J connectivity index is 1.44. The highest BCUT2D eigenvalue weighted by Crippen LogP contribution is 2.46. The normalized spacial score (nSPS) is 25.8. The van der Waals surface area contributed by atoms with Gasteiger partial charge in [-0.15, -0.1) is 0 Å². The molecule has 0 radical (unpaired) electrons. The van der Waals surface area contributed by atoms with Crippen molar-refractivity contribution < 1.29 is 31.9 Å². The summed E-state index contributed by atoms with van der Waals surface area (Å²) >= 11 is 0. The molecule has 266 valence electrons. The summed E-state index contributed by atoms with van der Waals surface area (Å²) < 4.78 is 64.9. The number of halogens is 4. The van der Waals surface area contributed by atoms with E-state index in [2.05, 4.69) is 6.07 Å². The van der Waals surface area contributed by atoms with Crippen molar-refractivity contribution in [1.82, 2.24) is 9.80 Å². The van der Waals surface area contributed by atoms with E-state index in [4.69, 9.17) is 4.74 Å². The lowest BCUT2D eigenvalue weighted by molar-refractivity contribution is -0.160. The van der Waals surface area contributed by atoms with E-state index in [0.717, 1.165) is 23.3 Å². The minimum Gasteiger partial charge on any atom is -0.460 e. The number of rotatable bonds is 5. The number of likely N-dealkylation sites (tertiary alicyclic amines) is 2. The van der Waals surface area contributed by atoms with Gasteiger partial charge in [0.25, 0.3) is 5.91 Å². The predicted molar refractivity (Wildman–Crippen MR) is 180 cm³/mol. The fourth-order valence-corrected chi connectivity index (χ4v) is 7.44. The molecule has 2 aromatic rings. The molecule has 1 unspecified atom stereocenters. The van der Waals surface area contributed by atoms with Crippen LogP contribution in [0.15, 0.2) is 42.5 Å². The maximum atomic E-state index is 17.4. The third kappa shape index (κ3) is 7.74. The fraction of sp³-hybridized carbons (Fsp3) is 0.605. The molecule has 3 saturated heterocycles. The first-order chi connectivity index (χ1) is 22.7. The van der Waals surface area contributed by atoms with E-state index in [9.17, 15) is 28.0 Å². The van der Waals surface area contributed by atoms with Crippen LogP contribution in [0.25, 0.3) is 0 Å². The van der Waals surface area contributed by atoms with Gasteiger partial charge in [0.1, 0.15) is 5.60 Å². The van der Waals surface area contributed by atoms with Crippen molar-refractivity contribution in [3.63, 3.8) is 0 Å². The average Bonchev–Trinajstić information content (AvgIpc) is 3.62. The van der Waals surface area contributed by atoms with Gasteiger partial charge in [0, 0.05) is 62.3 Å². The summed E-state index contributed by atoms with van der Waals surface area (Å²) in [5.41, 5.74) is -1.55. The topological polar surface area (TPSA) is 76.9 Å². The molecule has 0 spiro atoms. The molecule has 3 heterocycles. The van der Waals surface area contributed by atoms with Crippen molar-refractivity contribution in [2.45, 2.75) is 96.1 Å². The quantitative estimate of drug-likeness (QED) is 0.244. The molecule has 49 heavy (non-hydrogen) atoms. The first kappa shape index (κ1) is 36.6. The Labute approximate surface area is 287 Å². The Bertz CT molecular complexity index is 1580. The van der Waals surface area contributed by atoms with E-state index < -0.39 is 52.2 Å². The number of amides is 1. The molecule has 2 aromatic carbocycles. The van der Waals surface area contributed by atoms with Crippen LogP contribution < -0.4 is 4.90 Å². The molecule has 0 N–H and O–H groups in total. The maximum absolute atomic E-state index is 17.4. The summed E-state index contributed by atoms with van der Waals surface area (Å²) in [7, 11) is 0. The number of nitrogens with zero attached hydrogens (tertiary/aromatic N) is 4. The van der Waals surface area contributed by atoms with E-state index in [0.29, 0.717) is 43.7 Å². The summed E-state index contributed by atoms with van der Waals surface area (Å²) in [5.74, 6) is -3.51. The van der Waals surface area contributed by atoms with Crippen LogP contribution in [0.1, 0.15) is 88.5 Å². The molecule has 0 bridgehead atoms. The Hall–Kier alpha value is -3.65. The largest absolute Gasteiger partial charge is 0.460 e. The Kier molecular flexibility index (Phi) is 9.89. The Morgan fingerprint density at radius 2 is 1.57 bits per heavy atom. The molecule has 3 aliphatic rings. The Morgan fingerprint density at radius 1 is 0.939 bits per heavy atom. The highest BCUT2D eigenvalue weighted by atomic mass is 19.4. The number of benzene rings is 2. The molecule has 0 aliphatic carbocycles. The SMILES string of the molecule is Cc1ccc([C@@H]2CN(C(C)(C)C)C[C@@]2(F)C(=O)N2CC(c3ccc(C(F)(F)F)cc3N3CCC(C(=O)OC(C)(C)C)CC3)[C@@H](C#N)C2)cc1. The number of carbonyl (C=O) groups excluding carboxylic acids is 2. The molecule has 1 amide bonds. The van der Waals surface area contributed by atoms with Crippen LogP contribution in [-0.2, 0) is 20.5 Å². The lowest BCUT2D eigenvalue weighted by Crippen LogP contribution is -2.51. The molecule has 7 nitrogen and oxygen atoms in total. The second-order valence-corrected chi connectivity index (χ2v) is 16.0. The van der Waals surface area contributed by atoms with Gasteiger partial charge in [0.2, 0.25) is 5.67 Å². The fourth-order valence-electron chi connectivity index (χ4n) is 7.44. The van der Waals surface area contributed by atoms with Crippen LogP contribution in [0.2, 0.25) is 0 Å². The van der Waals surface area contributed by atoms with E-state index in [1.54, 1.807) is 20.8 Å². The predicted octanol–water partition coefficient (Wildman–Crippen LogP) is 7.24. The molecule has 0 aromatic heterocycles. The third-order valence-electron chi connectivity index (χ3n) is 10.3. The highest BCUT2D eigenvalue weighted by molar-refractivity contribution is 5.88. The summed E-state index contributed by atoms with van der Waals surface area (Å²) in [6.07, 6.45) is -3.80. The summed E-state index contributed by atoms with van der Waals surface area (Å²) in [5, 5.41) is 10.3. The van der Waals surface area contributed by atoms with Crippen LogP contribution in [-0.4, -0.2) is 77.8 Å². The van der Waals surface area contributed by atoms with Gasteiger partial charge in [-0.05, 0) is 84.6 Å². The van der Waals surface area contributed by atoms with Gasteiger partial charge in [-0.1, -0.05) is 35.9 Å². The zero-order chi connectivity index (χ0) is 36.1. The van der Waals surface area contributed by atoms with Crippen LogP contribution in [0.3, 0.4) is 0 Å². The van der Waals surface area contributed by atoms with Crippen molar-refractivity contribution in [3.8, 4) is 6.07 Å². The number of hydrogen-bond acceptors (Lipinski definition) is 6. The maximum Gasteiger partial charge on any atom is 0.416 e. The van der Waals surface area contributed by atoms with Gasteiger partial charge < -0.3 is 14.5 Å².